The van der Waals surface area contributed by atoms with Gasteiger partial charge in [0.05, 0.1) is 22.5 Å². The van der Waals surface area contributed by atoms with Crippen molar-refractivity contribution in [3.8, 4) is 45.8 Å². The van der Waals surface area contributed by atoms with E-state index < -0.39 is 11.2 Å². The fourth-order valence-corrected chi connectivity index (χ4v) is 13.5. The fourth-order valence-electron chi connectivity index (χ4n) is 13.5. The summed E-state index contributed by atoms with van der Waals surface area (Å²) in [6.45, 7) is 17.3. The first-order chi connectivity index (χ1) is 45.0. The topological polar surface area (TPSA) is 213 Å². The van der Waals surface area contributed by atoms with Crippen LogP contribution in [0.4, 0.5) is 30.3 Å². The number of carbonyl (C=O) groups excluding carboxylic acids is 4. The molecule has 4 aliphatic carbocycles. The van der Waals surface area contributed by atoms with Gasteiger partial charge < -0.3 is 39.4 Å². The van der Waals surface area contributed by atoms with Crippen molar-refractivity contribution in [2.24, 2.45) is 22.7 Å². The van der Waals surface area contributed by atoms with Crippen molar-refractivity contribution in [2.75, 3.05) is 36.8 Å². The summed E-state index contributed by atoms with van der Waals surface area (Å²) in [5, 5.41) is 9.57. The Kier molecular flexibility index (Phi) is 17.1. The van der Waals surface area contributed by atoms with Crippen LogP contribution in [0.25, 0.3) is 44.1 Å². The number of nitrogens with one attached hydrogen (secondary N) is 2. The highest BCUT2D eigenvalue weighted by Gasteiger charge is 2.66. The van der Waals surface area contributed by atoms with Crippen molar-refractivity contribution in [1.82, 2.24) is 39.7 Å². The molecule has 20 heteroatoms. The monoisotopic (exact) mass is 1270 g/mol. The van der Waals surface area contributed by atoms with Crippen LogP contribution in [-0.4, -0.2) is 113 Å². The molecular formula is C74H80F2N10O8. The van der Waals surface area contributed by atoms with Crippen LogP contribution in [0.2, 0.25) is 0 Å². The van der Waals surface area contributed by atoms with Crippen LogP contribution in [0.1, 0.15) is 128 Å². The average molecular weight is 1280 g/mol. The number of benzene rings is 4. The van der Waals surface area contributed by atoms with Crippen LogP contribution in [-0.2, 0) is 31.9 Å². The molecule has 18 nitrogen and oxygen atoms in total. The number of aryl methyl sites for hydroxylation is 2. The maximum absolute atomic E-state index is 15.2. The Morgan fingerprint density at radius 3 is 1.32 bits per heavy atom. The molecule has 6 fully saturated rings. The van der Waals surface area contributed by atoms with Gasteiger partial charge in [0, 0.05) is 110 Å². The van der Waals surface area contributed by atoms with E-state index in [2.05, 4.69) is 30.6 Å². The summed E-state index contributed by atoms with van der Waals surface area (Å²) in [5.41, 5.74) is 4.43. The molecule has 2 spiro atoms. The number of fused-ring (bicyclic) bond motifs is 2. The minimum atomic E-state index is -0.559. The molecule has 4 saturated carbocycles. The second-order valence-electron chi connectivity index (χ2n) is 28.5. The third-order valence-corrected chi connectivity index (χ3v) is 19.1. The van der Waals surface area contributed by atoms with Gasteiger partial charge in [0.15, 0.2) is 0 Å². The second-order valence-corrected chi connectivity index (χ2v) is 28.5. The van der Waals surface area contributed by atoms with Gasteiger partial charge in [-0.2, -0.15) is 0 Å². The van der Waals surface area contributed by atoms with Crippen LogP contribution in [0.3, 0.4) is 0 Å². The Bertz CT molecular complexity index is 4010. The molecule has 4 atom stereocenters. The van der Waals surface area contributed by atoms with Crippen LogP contribution in [0.5, 0.6) is 23.3 Å². The van der Waals surface area contributed by atoms with E-state index in [1.54, 1.807) is 58.9 Å². The van der Waals surface area contributed by atoms with Crippen molar-refractivity contribution in [3.63, 3.8) is 0 Å². The van der Waals surface area contributed by atoms with Crippen molar-refractivity contribution >= 4 is 57.2 Å². The summed E-state index contributed by atoms with van der Waals surface area (Å²) in [5.74, 6) is 2.31. The van der Waals surface area contributed by atoms with Gasteiger partial charge in [-0.3, -0.25) is 9.59 Å². The number of aromatic nitrogens is 6. The Balaban J connectivity index is 0.000000171. The molecule has 2 N–H and O–H groups in total. The predicted octanol–water partition coefficient (Wildman–Crippen LogP) is 15.3. The number of ether oxygens (including phenoxy) is 4. The maximum Gasteiger partial charge on any atom is 0.410 e. The number of Topliss-reactive ketones (excluding diaryl/α,β-unsaturated/α-hetero) is 2. The zero-order chi connectivity index (χ0) is 65.8. The highest BCUT2D eigenvalue weighted by molar-refractivity contribution is 5.98. The lowest BCUT2D eigenvalue weighted by Gasteiger charge is -2.34. The summed E-state index contributed by atoms with van der Waals surface area (Å²) in [4.78, 5) is 82.5. The first-order valence-corrected chi connectivity index (χ1v) is 32.9. The molecule has 6 aliphatic rings. The molecule has 8 aromatic rings. The Morgan fingerprint density at radius 2 is 0.936 bits per heavy atom. The molecule has 4 aromatic carbocycles. The highest BCUT2D eigenvalue weighted by Crippen LogP contribution is 2.71. The molecule has 0 bridgehead atoms. The van der Waals surface area contributed by atoms with Gasteiger partial charge in [-0.1, -0.05) is 24.3 Å². The van der Waals surface area contributed by atoms with Gasteiger partial charge >= 0.3 is 12.2 Å². The molecule has 2 saturated heterocycles. The van der Waals surface area contributed by atoms with Gasteiger partial charge in [-0.05, 0) is 213 Å². The molecule has 14 rings (SSSR count). The SMILES string of the molecule is Cc1ccc2c(CC(=O)[C@@H]3CC34CC4)c(F)ccc2c1Oc1ncccc1-c1ccnc(N[C@H]2CCCN(C(=O)OC(C)(C)C)C2)n1.Cc1ccc2c(CC(=O)[C@H]3CC34CC4)c(F)ccc2c1Oc1ncccc1-c1ccnc(N[C@H]2CCCN(C(=O)OC(C)(C)C)C2)n1. The van der Waals surface area contributed by atoms with E-state index in [1.165, 1.54) is 12.1 Å². The molecule has 2 amide bonds. The summed E-state index contributed by atoms with van der Waals surface area (Å²) in [6.07, 6.45) is 15.9. The zero-order valence-corrected chi connectivity index (χ0v) is 54.6. The van der Waals surface area contributed by atoms with E-state index >= 15 is 8.78 Å². The second kappa shape index (κ2) is 25.3. The number of anilines is 2. The lowest BCUT2D eigenvalue weighted by atomic mass is 9.96. The number of nitrogens with zero attached hydrogens (tertiary/aromatic N) is 8. The lowest BCUT2D eigenvalue weighted by molar-refractivity contribution is -0.120. The highest BCUT2D eigenvalue weighted by atomic mass is 19.1. The molecule has 4 aromatic heterocycles. The molecular weight excluding hydrogens is 1190 g/mol. The summed E-state index contributed by atoms with van der Waals surface area (Å²) < 4.78 is 54.6. The van der Waals surface area contributed by atoms with Crippen molar-refractivity contribution in [1.29, 1.82) is 0 Å². The number of rotatable bonds is 16. The molecule has 488 valence electrons. The quantitative estimate of drug-likeness (QED) is 0.0920. The lowest BCUT2D eigenvalue weighted by Crippen LogP contribution is -2.47. The molecule has 0 radical (unpaired) electrons. The summed E-state index contributed by atoms with van der Waals surface area (Å²) >= 11 is 0. The standard InChI is InChI=1S/2C37H40FN5O4/c2*1-22-9-10-24-25(11-12-29(38)27(24)19-31(44)28-20-37(28)14-15-37)32(22)46-33-26(8-5-16-39-33)30-13-17-40-34(42-30)41-23-7-6-18-43(21-23)35(45)47-36(2,3)4/h2*5,8-13,16-17,23,28H,6-7,14-15,18-21H2,1-4H3,(H,40,41,42)/t23-,28+;23-,28-/m00/s1. The van der Waals surface area contributed by atoms with Gasteiger partial charge in [-0.15, -0.1) is 0 Å². The molecule has 2 aliphatic heterocycles. The van der Waals surface area contributed by atoms with E-state index in [0.717, 1.165) is 86.1 Å². The van der Waals surface area contributed by atoms with Crippen LogP contribution in [0, 0.1) is 48.1 Å². The summed E-state index contributed by atoms with van der Waals surface area (Å²) in [7, 11) is 0. The van der Waals surface area contributed by atoms with Crippen LogP contribution >= 0.6 is 0 Å². The van der Waals surface area contributed by atoms with E-state index in [1.807, 2.05) is 104 Å². The molecule has 0 unspecified atom stereocenters. The third kappa shape index (κ3) is 14.0. The van der Waals surface area contributed by atoms with Gasteiger partial charge in [0.2, 0.25) is 23.7 Å². The largest absolute Gasteiger partial charge is 0.444 e. The van der Waals surface area contributed by atoms with Gasteiger partial charge in [0.1, 0.15) is 45.9 Å². The van der Waals surface area contributed by atoms with E-state index in [-0.39, 0.29) is 83.0 Å². The van der Waals surface area contributed by atoms with Gasteiger partial charge in [-0.25, -0.2) is 48.3 Å². The van der Waals surface area contributed by atoms with Gasteiger partial charge in [0.25, 0.3) is 0 Å². The third-order valence-electron chi connectivity index (χ3n) is 19.1. The van der Waals surface area contributed by atoms with Crippen LogP contribution in [0.15, 0.2) is 110 Å². The number of piperidine rings is 2. The Labute approximate surface area is 546 Å². The molecule has 94 heavy (non-hydrogen) atoms. The van der Waals surface area contributed by atoms with E-state index in [9.17, 15) is 19.2 Å². The number of carbonyl (C=O) groups is 4. The maximum atomic E-state index is 15.2. The minimum Gasteiger partial charge on any atom is -0.444 e. The van der Waals surface area contributed by atoms with Crippen molar-refractivity contribution in [3.05, 3.63) is 144 Å². The number of amides is 2. The number of ketones is 2. The minimum absolute atomic E-state index is 0.0364. The van der Waals surface area contributed by atoms with Crippen LogP contribution < -0.4 is 20.1 Å². The fraction of sp³-hybridized carbons (Fsp3) is 0.432. The normalized spacial score (nSPS) is 19.8. The Hall–Kier alpha value is -9.20. The zero-order valence-electron chi connectivity index (χ0n) is 54.6. The first kappa shape index (κ1) is 63.6. The number of likely N-dealkylation sites (tertiary alicyclic amines) is 2. The first-order valence-electron chi connectivity index (χ1n) is 32.9. The van der Waals surface area contributed by atoms with E-state index in [4.69, 9.17) is 28.9 Å². The predicted molar refractivity (Wildman–Crippen MR) is 354 cm³/mol. The Morgan fingerprint density at radius 1 is 0.532 bits per heavy atom. The van der Waals surface area contributed by atoms with Crippen molar-refractivity contribution in [2.45, 2.75) is 156 Å². The number of pyridine rings is 2. The summed E-state index contributed by atoms with van der Waals surface area (Å²) in [6, 6.07) is 24.7. The average Bonchev–Trinajstić information content (AvgIpc) is 1.55. The smallest absolute Gasteiger partial charge is 0.410 e. The van der Waals surface area contributed by atoms with Crippen molar-refractivity contribution < 1.29 is 46.9 Å². The molecule has 6 heterocycles. The number of hydrogen-bond acceptors (Lipinski definition) is 16. The number of halogens is 2. The number of hydrogen-bond donors (Lipinski definition) is 2. The van der Waals surface area contributed by atoms with E-state index in [0.29, 0.717) is 106 Å².